The molecule has 0 aliphatic heterocycles. The second-order valence-electron chi connectivity index (χ2n) is 4.17. The molecule has 68 valence electrons. The minimum Gasteiger partial charge on any atom is -0.308 e. The molecule has 0 rings (SSSR count). The van der Waals surface area contributed by atoms with Gasteiger partial charge in [0.2, 0.25) is 0 Å². The van der Waals surface area contributed by atoms with Crippen LogP contribution >= 0.6 is 0 Å². The third-order valence-electron chi connectivity index (χ3n) is 1.65. The number of rotatable bonds is 3. The Hall–Kier alpha value is -0.120. The molecule has 0 amide bonds. The number of hydrazine groups is 1. The van der Waals surface area contributed by atoms with E-state index in [1.807, 2.05) is 5.01 Å². The summed E-state index contributed by atoms with van der Waals surface area (Å²) in [6.45, 7) is 8.26. The van der Waals surface area contributed by atoms with Crippen molar-refractivity contribution in [3.8, 4) is 0 Å². The van der Waals surface area contributed by atoms with Crippen LogP contribution in [0.3, 0.4) is 0 Å². The van der Waals surface area contributed by atoms with Gasteiger partial charge in [0.15, 0.2) is 0 Å². The van der Waals surface area contributed by atoms with Crippen molar-refractivity contribution in [2.45, 2.75) is 26.3 Å². The van der Waals surface area contributed by atoms with Gasteiger partial charge in [0.05, 0.1) is 0 Å². The van der Waals surface area contributed by atoms with Gasteiger partial charge >= 0.3 is 0 Å². The molecule has 0 aliphatic carbocycles. The SMILES string of the molecule is CN(C)CCN(N)C(C)(C)C. The molecule has 0 spiro atoms. The Kier molecular flexibility index (Phi) is 4.00. The summed E-state index contributed by atoms with van der Waals surface area (Å²) >= 11 is 0. The molecule has 0 aromatic carbocycles. The summed E-state index contributed by atoms with van der Waals surface area (Å²) in [5.74, 6) is 5.81. The topological polar surface area (TPSA) is 32.5 Å². The summed E-state index contributed by atoms with van der Waals surface area (Å²) in [5, 5.41) is 1.87. The second-order valence-corrected chi connectivity index (χ2v) is 4.17. The van der Waals surface area contributed by atoms with Crippen molar-refractivity contribution in [1.29, 1.82) is 0 Å². The van der Waals surface area contributed by atoms with E-state index in [2.05, 4.69) is 39.8 Å². The highest BCUT2D eigenvalue weighted by atomic mass is 15.4. The molecule has 0 heterocycles. The highest BCUT2D eigenvalue weighted by Crippen LogP contribution is 2.06. The zero-order valence-corrected chi connectivity index (χ0v) is 8.39. The van der Waals surface area contributed by atoms with Gasteiger partial charge in [-0.1, -0.05) is 0 Å². The molecule has 0 aromatic rings. The van der Waals surface area contributed by atoms with Gasteiger partial charge in [-0.2, -0.15) is 0 Å². The lowest BCUT2D eigenvalue weighted by atomic mass is 10.1. The van der Waals surface area contributed by atoms with E-state index in [9.17, 15) is 0 Å². The first-order valence-electron chi connectivity index (χ1n) is 4.01. The van der Waals surface area contributed by atoms with E-state index in [0.29, 0.717) is 0 Å². The monoisotopic (exact) mass is 159 g/mol. The van der Waals surface area contributed by atoms with E-state index in [1.54, 1.807) is 0 Å². The summed E-state index contributed by atoms with van der Waals surface area (Å²) in [5.41, 5.74) is 0.0794. The molecule has 0 bridgehead atoms. The second kappa shape index (κ2) is 4.04. The Morgan fingerprint density at radius 3 is 1.82 bits per heavy atom. The molecular weight excluding hydrogens is 138 g/mol. The lowest BCUT2D eigenvalue weighted by Crippen LogP contribution is -2.49. The maximum absolute atomic E-state index is 5.81. The van der Waals surface area contributed by atoms with Gasteiger partial charge in [0.25, 0.3) is 0 Å². The molecule has 0 radical (unpaired) electrons. The number of nitrogens with zero attached hydrogens (tertiary/aromatic N) is 2. The molecule has 0 atom stereocenters. The maximum Gasteiger partial charge on any atom is 0.0268 e. The quantitative estimate of drug-likeness (QED) is 0.481. The highest BCUT2D eigenvalue weighted by Gasteiger charge is 2.16. The van der Waals surface area contributed by atoms with Crippen molar-refractivity contribution >= 4 is 0 Å². The van der Waals surface area contributed by atoms with Gasteiger partial charge in [-0.3, -0.25) is 5.84 Å². The smallest absolute Gasteiger partial charge is 0.0268 e. The largest absolute Gasteiger partial charge is 0.308 e. The summed E-state index contributed by atoms with van der Waals surface area (Å²) in [6.07, 6.45) is 0. The van der Waals surface area contributed by atoms with Gasteiger partial charge in [0, 0.05) is 18.6 Å². The Morgan fingerprint density at radius 1 is 1.09 bits per heavy atom. The molecule has 0 saturated heterocycles. The Labute approximate surface area is 70.1 Å². The average molecular weight is 159 g/mol. The average Bonchev–Trinajstić information content (AvgIpc) is 1.80. The van der Waals surface area contributed by atoms with Gasteiger partial charge in [-0.25, -0.2) is 5.01 Å². The highest BCUT2D eigenvalue weighted by molar-refractivity contribution is 4.71. The maximum atomic E-state index is 5.81. The normalized spacial score (nSPS) is 13.1. The Bertz CT molecular complexity index is 104. The zero-order chi connectivity index (χ0) is 9.07. The van der Waals surface area contributed by atoms with E-state index in [4.69, 9.17) is 5.84 Å². The van der Waals surface area contributed by atoms with Gasteiger partial charge < -0.3 is 4.90 Å². The fraction of sp³-hybridized carbons (Fsp3) is 1.00. The van der Waals surface area contributed by atoms with E-state index < -0.39 is 0 Å². The lowest BCUT2D eigenvalue weighted by Gasteiger charge is -2.31. The van der Waals surface area contributed by atoms with E-state index in [-0.39, 0.29) is 5.54 Å². The van der Waals surface area contributed by atoms with Gasteiger partial charge in [0.1, 0.15) is 0 Å². The van der Waals surface area contributed by atoms with E-state index in [0.717, 1.165) is 13.1 Å². The van der Waals surface area contributed by atoms with Crippen molar-refractivity contribution < 1.29 is 0 Å². The van der Waals surface area contributed by atoms with Crippen LogP contribution in [0, 0.1) is 0 Å². The predicted molar refractivity (Wildman–Crippen MR) is 49.2 cm³/mol. The van der Waals surface area contributed by atoms with Crippen LogP contribution in [0.2, 0.25) is 0 Å². The number of likely N-dealkylation sites (N-methyl/N-ethyl adjacent to an activating group) is 1. The first-order chi connectivity index (χ1) is 4.84. The van der Waals surface area contributed by atoms with Crippen molar-refractivity contribution in [1.82, 2.24) is 9.91 Å². The van der Waals surface area contributed by atoms with Crippen LogP contribution in [0.25, 0.3) is 0 Å². The minimum atomic E-state index is 0.0794. The number of nitrogens with two attached hydrogens (primary N) is 1. The van der Waals surface area contributed by atoms with Crippen molar-refractivity contribution in [3.63, 3.8) is 0 Å². The van der Waals surface area contributed by atoms with E-state index >= 15 is 0 Å². The van der Waals surface area contributed by atoms with Crippen LogP contribution < -0.4 is 5.84 Å². The van der Waals surface area contributed by atoms with Gasteiger partial charge in [-0.15, -0.1) is 0 Å². The van der Waals surface area contributed by atoms with E-state index in [1.165, 1.54) is 0 Å². The molecule has 0 fully saturated rings. The van der Waals surface area contributed by atoms with Crippen LogP contribution in [-0.4, -0.2) is 42.6 Å². The fourth-order valence-corrected chi connectivity index (χ4v) is 0.643. The lowest BCUT2D eigenvalue weighted by molar-refractivity contribution is 0.127. The van der Waals surface area contributed by atoms with Crippen LogP contribution in [0.1, 0.15) is 20.8 Å². The van der Waals surface area contributed by atoms with Crippen LogP contribution in [0.4, 0.5) is 0 Å². The molecule has 0 aliphatic rings. The third kappa shape index (κ3) is 5.18. The molecule has 2 N–H and O–H groups in total. The molecule has 0 saturated carbocycles. The molecule has 0 unspecified atom stereocenters. The first kappa shape index (κ1) is 10.9. The molecule has 11 heavy (non-hydrogen) atoms. The predicted octanol–water partition coefficient (Wildman–Crippen LogP) is 0.522. The summed E-state index contributed by atoms with van der Waals surface area (Å²) in [6, 6.07) is 0. The van der Waals surface area contributed by atoms with Crippen molar-refractivity contribution in [3.05, 3.63) is 0 Å². The van der Waals surface area contributed by atoms with Crippen molar-refractivity contribution in [2.75, 3.05) is 27.2 Å². The first-order valence-corrected chi connectivity index (χ1v) is 4.01. The molecule has 3 heteroatoms. The van der Waals surface area contributed by atoms with Gasteiger partial charge in [-0.05, 0) is 34.9 Å². The molecule has 3 nitrogen and oxygen atoms in total. The van der Waals surface area contributed by atoms with Crippen LogP contribution in [0.15, 0.2) is 0 Å². The minimum absolute atomic E-state index is 0.0794. The Morgan fingerprint density at radius 2 is 1.55 bits per heavy atom. The Balaban J connectivity index is 3.61. The number of hydrogen-bond donors (Lipinski definition) is 1. The van der Waals surface area contributed by atoms with Crippen LogP contribution in [0.5, 0.6) is 0 Å². The fourth-order valence-electron chi connectivity index (χ4n) is 0.643. The summed E-state index contributed by atoms with van der Waals surface area (Å²) < 4.78 is 0. The third-order valence-corrected chi connectivity index (χ3v) is 1.65. The molecular formula is C8H21N3. The number of hydrogen-bond acceptors (Lipinski definition) is 3. The zero-order valence-electron chi connectivity index (χ0n) is 8.39. The summed E-state index contributed by atoms with van der Waals surface area (Å²) in [7, 11) is 4.10. The summed E-state index contributed by atoms with van der Waals surface area (Å²) in [4.78, 5) is 2.13. The molecule has 0 aromatic heterocycles. The standard InChI is InChI=1S/C8H21N3/c1-8(2,3)11(9)7-6-10(4)5/h6-7,9H2,1-5H3. The van der Waals surface area contributed by atoms with Crippen molar-refractivity contribution in [2.24, 2.45) is 5.84 Å². The van der Waals surface area contributed by atoms with Crippen LogP contribution in [-0.2, 0) is 0 Å².